The number of rotatable bonds is 6. The number of benzene rings is 2. The second kappa shape index (κ2) is 9.79. The Bertz CT molecular complexity index is 868. The standard InChI is InChI=1S/C25H32N2O3/c1-17(2)20-8-10-23(11-9-20)30-19(4)24(28)26-22-12-14-27(15-13-22)25(29)21-7-5-6-18(3)16-21/h5-11,16-17,19,22H,12-15H2,1-4H3,(H,26,28). The number of likely N-dealkylation sites (tertiary alicyclic amines) is 1. The molecule has 0 radical (unpaired) electrons. The molecule has 30 heavy (non-hydrogen) atoms. The Kier molecular flexibility index (Phi) is 7.14. The van der Waals surface area contributed by atoms with E-state index in [0.29, 0.717) is 24.8 Å². The zero-order chi connectivity index (χ0) is 21.7. The maximum atomic E-state index is 12.7. The lowest BCUT2D eigenvalue weighted by Gasteiger charge is -2.33. The SMILES string of the molecule is Cc1cccc(C(=O)N2CCC(NC(=O)C(C)Oc3ccc(C(C)C)cc3)CC2)c1. The molecular formula is C25H32N2O3. The number of hydrogen-bond acceptors (Lipinski definition) is 3. The number of nitrogens with one attached hydrogen (secondary N) is 1. The fraction of sp³-hybridized carbons (Fsp3) is 0.440. The molecule has 0 bridgehead atoms. The highest BCUT2D eigenvalue weighted by Crippen LogP contribution is 2.20. The topological polar surface area (TPSA) is 58.6 Å². The molecule has 1 atom stereocenters. The maximum Gasteiger partial charge on any atom is 0.260 e. The molecule has 2 amide bonds. The van der Waals surface area contributed by atoms with Gasteiger partial charge < -0.3 is 15.0 Å². The van der Waals surface area contributed by atoms with Gasteiger partial charge in [0.1, 0.15) is 5.75 Å². The fourth-order valence-corrected chi connectivity index (χ4v) is 3.70. The third-order valence-electron chi connectivity index (χ3n) is 5.62. The van der Waals surface area contributed by atoms with Crippen LogP contribution >= 0.6 is 0 Å². The maximum absolute atomic E-state index is 12.7. The lowest BCUT2D eigenvalue weighted by atomic mass is 10.0. The number of carbonyl (C=O) groups excluding carboxylic acids is 2. The zero-order valence-corrected chi connectivity index (χ0v) is 18.4. The van der Waals surface area contributed by atoms with E-state index in [2.05, 4.69) is 19.2 Å². The van der Waals surface area contributed by atoms with Crippen LogP contribution in [-0.2, 0) is 4.79 Å². The summed E-state index contributed by atoms with van der Waals surface area (Å²) in [6, 6.07) is 15.6. The van der Waals surface area contributed by atoms with Crippen molar-refractivity contribution < 1.29 is 14.3 Å². The van der Waals surface area contributed by atoms with Gasteiger partial charge in [0.05, 0.1) is 0 Å². The molecule has 3 rings (SSSR count). The van der Waals surface area contributed by atoms with E-state index in [4.69, 9.17) is 4.74 Å². The van der Waals surface area contributed by atoms with Crippen molar-refractivity contribution in [3.8, 4) is 5.75 Å². The third kappa shape index (κ3) is 5.62. The Balaban J connectivity index is 1.47. The molecule has 1 N–H and O–H groups in total. The lowest BCUT2D eigenvalue weighted by Crippen LogP contribution is -2.49. The smallest absolute Gasteiger partial charge is 0.260 e. The Morgan fingerprint density at radius 2 is 1.70 bits per heavy atom. The van der Waals surface area contributed by atoms with Gasteiger partial charge in [0.25, 0.3) is 11.8 Å². The molecule has 5 nitrogen and oxygen atoms in total. The van der Waals surface area contributed by atoms with Gasteiger partial charge in [-0.25, -0.2) is 0 Å². The quantitative estimate of drug-likeness (QED) is 0.775. The molecule has 1 heterocycles. The summed E-state index contributed by atoms with van der Waals surface area (Å²) in [5.41, 5.74) is 3.05. The number of carbonyl (C=O) groups is 2. The summed E-state index contributed by atoms with van der Waals surface area (Å²) >= 11 is 0. The van der Waals surface area contributed by atoms with E-state index in [1.165, 1.54) is 5.56 Å². The number of aryl methyl sites for hydroxylation is 1. The van der Waals surface area contributed by atoms with Crippen molar-refractivity contribution in [2.45, 2.75) is 58.6 Å². The van der Waals surface area contributed by atoms with Gasteiger partial charge in [-0.1, -0.05) is 43.7 Å². The van der Waals surface area contributed by atoms with Gasteiger partial charge in [-0.15, -0.1) is 0 Å². The molecule has 2 aromatic carbocycles. The van der Waals surface area contributed by atoms with Crippen LogP contribution in [0, 0.1) is 6.92 Å². The second-order valence-electron chi connectivity index (χ2n) is 8.43. The molecule has 0 spiro atoms. The molecule has 1 aliphatic rings. The summed E-state index contributed by atoms with van der Waals surface area (Å²) in [5.74, 6) is 1.10. The van der Waals surface area contributed by atoms with Crippen LogP contribution in [-0.4, -0.2) is 41.9 Å². The van der Waals surface area contributed by atoms with E-state index in [9.17, 15) is 9.59 Å². The van der Waals surface area contributed by atoms with E-state index < -0.39 is 6.10 Å². The second-order valence-corrected chi connectivity index (χ2v) is 8.43. The van der Waals surface area contributed by atoms with Crippen molar-refractivity contribution in [3.63, 3.8) is 0 Å². The number of piperidine rings is 1. The molecule has 1 fully saturated rings. The zero-order valence-electron chi connectivity index (χ0n) is 18.4. The van der Waals surface area contributed by atoms with Crippen LogP contribution in [0.15, 0.2) is 48.5 Å². The minimum absolute atomic E-state index is 0.0602. The number of nitrogens with zero attached hydrogens (tertiary/aromatic N) is 1. The van der Waals surface area contributed by atoms with Crippen molar-refractivity contribution in [1.82, 2.24) is 10.2 Å². The first-order valence-electron chi connectivity index (χ1n) is 10.8. The average molecular weight is 409 g/mol. The van der Waals surface area contributed by atoms with Gasteiger partial charge in [0, 0.05) is 24.7 Å². The summed E-state index contributed by atoms with van der Waals surface area (Å²) < 4.78 is 5.80. The monoisotopic (exact) mass is 408 g/mol. The minimum atomic E-state index is -0.568. The van der Waals surface area contributed by atoms with Crippen molar-refractivity contribution >= 4 is 11.8 Å². The van der Waals surface area contributed by atoms with Crippen LogP contribution < -0.4 is 10.1 Å². The van der Waals surface area contributed by atoms with E-state index in [-0.39, 0.29) is 17.9 Å². The van der Waals surface area contributed by atoms with Crippen LogP contribution in [0.5, 0.6) is 5.75 Å². The number of hydrogen-bond donors (Lipinski definition) is 1. The summed E-state index contributed by atoms with van der Waals surface area (Å²) in [6.07, 6.45) is 0.930. The van der Waals surface area contributed by atoms with Gasteiger partial charge >= 0.3 is 0 Å². The minimum Gasteiger partial charge on any atom is -0.481 e. The predicted molar refractivity (Wildman–Crippen MR) is 119 cm³/mol. The van der Waals surface area contributed by atoms with Gasteiger partial charge in [0.15, 0.2) is 6.10 Å². The molecule has 0 aliphatic carbocycles. The van der Waals surface area contributed by atoms with Gasteiger partial charge in [-0.2, -0.15) is 0 Å². The van der Waals surface area contributed by atoms with Crippen molar-refractivity contribution in [1.29, 1.82) is 0 Å². The molecule has 1 saturated heterocycles. The number of amides is 2. The summed E-state index contributed by atoms with van der Waals surface area (Å²) in [6.45, 7) is 9.33. The first kappa shape index (κ1) is 21.9. The molecule has 1 aliphatic heterocycles. The van der Waals surface area contributed by atoms with Crippen molar-refractivity contribution in [3.05, 3.63) is 65.2 Å². The van der Waals surface area contributed by atoms with Crippen LogP contribution in [0.25, 0.3) is 0 Å². The third-order valence-corrected chi connectivity index (χ3v) is 5.62. The van der Waals surface area contributed by atoms with Crippen LogP contribution in [0.1, 0.15) is 61.0 Å². The van der Waals surface area contributed by atoms with Crippen LogP contribution in [0.3, 0.4) is 0 Å². The molecular weight excluding hydrogens is 376 g/mol. The van der Waals surface area contributed by atoms with Gasteiger partial charge in [0.2, 0.25) is 0 Å². The summed E-state index contributed by atoms with van der Waals surface area (Å²) in [7, 11) is 0. The molecule has 2 aromatic rings. The highest BCUT2D eigenvalue weighted by molar-refractivity contribution is 5.94. The molecule has 1 unspecified atom stereocenters. The van der Waals surface area contributed by atoms with Crippen molar-refractivity contribution in [2.75, 3.05) is 13.1 Å². The molecule has 5 heteroatoms. The van der Waals surface area contributed by atoms with E-state index in [0.717, 1.165) is 24.0 Å². The Morgan fingerprint density at radius 3 is 2.30 bits per heavy atom. The van der Waals surface area contributed by atoms with E-state index >= 15 is 0 Å². The van der Waals surface area contributed by atoms with Gasteiger partial charge in [-0.3, -0.25) is 9.59 Å². The lowest BCUT2D eigenvalue weighted by molar-refractivity contribution is -0.128. The normalized spacial score (nSPS) is 15.7. The fourth-order valence-electron chi connectivity index (χ4n) is 3.70. The van der Waals surface area contributed by atoms with E-state index in [1.54, 1.807) is 6.92 Å². The predicted octanol–water partition coefficient (Wildman–Crippen LogP) is 4.31. The van der Waals surface area contributed by atoms with E-state index in [1.807, 2.05) is 60.4 Å². The Morgan fingerprint density at radius 1 is 1.03 bits per heavy atom. The summed E-state index contributed by atoms with van der Waals surface area (Å²) in [5, 5.41) is 3.07. The van der Waals surface area contributed by atoms with Crippen molar-refractivity contribution in [2.24, 2.45) is 0 Å². The molecule has 160 valence electrons. The highest BCUT2D eigenvalue weighted by Gasteiger charge is 2.26. The highest BCUT2D eigenvalue weighted by atomic mass is 16.5. The number of ether oxygens (including phenoxy) is 1. The molecule has 0 saturated carbocycles. The largest absolute Gasteiger partial charge is 0.481 e. The molecule has 0 aromatic heterocycles. The van der Waals surface area contributed by atoms with Crippen LogP contribution in [0.4, 0.5) is 0 Å². The average Bonchev–Trinajstić information content (AvgIpc) is 2.74. The Labute approximate surface area is 179 Å². The summed E-state index contributed by atoms with van der Waals surface area (Å²) in [4.78, 5) is 27.1. The van der Waals surface area contributed by atoms with Crippen LogP contribution in [0.2, 0.25) is 0 Å². The first-order valence-corrected chi connectivity index (χ1v) is 10.8. The first-order chi connectivity index (χ1) is 14.3. The van der Waals surface area contributed by atoms with Gasteiger partial charge in [-0.05, 0) is 62.4 Å². The Hall–Kier alpha value is -2.82.